The first kappa shape index (κ1) is 12.3. The number of rotatable bonds is 3. The van der Waals surface area contributed by atoms with Crippen LogP contribution in [-0.4, -0.2) is 17.3 Å². The summed E-state index contributed by atoms with van der Waals surface area (Å²) in [6.07, 6.45) is 4.63. The van der Waals surface area contributed by atoms with Gasteiger partial charge < -0.3 is 10.4 Å². The molecule has 1 fully saturated rings. The van der Waals surface area contributed by atoms with Crippen LogP contribution in [0, 0.1) is 11.6 Å². The number of nitrogens with one attached hydrogen (secondary N) is 1. The van der Waals surface area contributed by atoms with E-state index in [9.17, 15) is 13.9 Å². The van der Waals surface area contributed by atoms with Gasteiger partial charge in [-0.25, -0.2) is 8.78 Å². The van der Waals surface area contributed by atoms with Crippen LogP contribution in [-0.2, 0) is 0 Å². The van der Waals surface area contributed by atoms with Crippen molar-refractivity contribution in [3.8, 4) is 0 Å². The van der Waals surface area contributed by atoms with E-state index < -0.39 is 17.2 Å². The third-order valence-corrected chi connectivity index (χ3v) is 3.32. The van der Waals surface area contributed by atoms with Crippen LogP contribution >= 0.6 is 0 Å². The van der Waals surface area contributed by atoms with Gasteiger partial charge in [0.2, 0.25) is 0 Å². The van der Waals surface area contributed by atoms with E-state index in [1.165, 1.54) is 12.1 Å². The molecule has 0 spiro atoms. The largest absolute Gasteiger partial charge is 0.388 e. The summed E-state index contributed by atoms with van der Waals surface area (Å²) in [7, 11) is 0. The van der Waals surface area contributed by atoms with Crippen molar-refractivity contribution >= 4 is 5.69 Å². The molecule has 0 aliphatic heterocycles. The van der Waals surface area contributed by atoms with E-state index in [1.807, 2.05) is 0 Å². The van der Waals surface area contributed by atoms with Crippen molar-refractivity contribution in [1.82, 2.24) is 0 Å². The lowest BCUT2D eigenvalue weighted by Crippen LogP contribution is -2.38. The second-order valence-corrected chi connectivity index (χ2v) is 4.76. The Labute approximate surface area is 99.7 Å². The first-order chi connectivity index (χ1) is 8.09. The van der Waals surface area contributed by atoms with Crippen LogP contribution in [0.5, 0.6) is 0 Å². The predicted molar refractivity (Wildman–Crippen MR) is 62.9 cm³/mol. The zero-order valence-electron chi connectivity index (χ0n) is 9.68. The molecule has 4 heteroatoms. The number of hydrogen-bond donors (Lipinski definition) is 2. The molecule has 1 aliphatic rings. The van der Waals surface area contributed by atoms with E-state index in [0.717, 1.165) is 38.2 Å². The molecule has 1 aromatic carbocycles. The standard InChI is InChI=1S/C13H17F2NO/c14-10-4-5-12(11(15)8-10)16-9-13(17)6-2-1-3-7-13/h4-5,8,16-17H,1-3,6-7,9H2. The zero-order valence-corrected chi connectivity index (χ0v) is 9.68. The average Bonchev–Trinajstić information content (AvgIpc) is 2.29. The van der Waals surface area contributed by atoms with Gasteiger partial charge in [-0.05, 0) is 25.0 Å². The summed E-state index contributed by atoms with van der Waals surface area (Å²) < 4.78 is 26.0. The molecule has 1 saturated carbocycles. The average molecular weight is 241 g/mol. The molecule has 17 heavy (non-hydrogen) atoms. The van der Waals surface area contributed by atoms with E-state index in [-0.39, 0.29) is 5.69 Å². The lowest BCUT2D eigenvalue weighted by Gasteiger charge is -2.32. The molecule has 2 N–H and O–H groups in total. The van der Waals surface area contributed by atoms with Gasteiger partial charge >= 0.3 is 0 Å². The van der Waals surface area contributed by atoms with E-state index in [1.54, 1.807) is 0 Å². The molecule has 0 radical (unpaired) electrons. The van der Waals surface area contributed by atoms with E-state index in [2.05, 4.69) is 5.32 Å². The molecule has 0 heterocycles. The van der Waals surface area contributed by atoms with Gasteiger partial charge in [0.15, 0.2) is 0 Å². The van der Waals surface area contributed by atoms with Gasteiger partial charge in [-0.2, -0.15) is 0 Å². The molecule has 0 saturated heterocycles. The Morgan fingerprint density at radius 1 is 1.18 bits per heavy atom. The maximum absolute atomic E-state index is 13.3. The quantitative estimate of drug-likeness (QED) is 0.852. The molecular formula is C13H17F2NO. The van der Waals surface area contributed by atoms with Crippen LogP contribution < -0.4 is 5.32 Å². The maximum atomic E-state index is 13.3. The van der Waals surface area contributed by atoms with Crippen molar-refractivity contribution in [1.29, 1.82) is 0 Å². The Morgan fingerprint density at radius 2 is 1.88 bits per heavy atom. The minimum Gasteiger partial charge on any atom is -0.388 e. The van der Waals surface area contributed by atoms with Gasteiger partial charge in [0.05, 0.1) is 11.3 Å². The monoisotopic (exact) mass is 241 g/mol. The minimum absolute atomic E-state index is 0.241. The molecule has 2 rings (SSSR count). The molecule has 0 atom stereocenters. The van der Waals surface area contributed by atoms with Crippen LogP contribution in [0.15, 0.2) is 18.2 Å². The van der Waals surface area contributed by atoms with Gasteiger partial charge in [-0.3, -0.25) is 0 Å². The fourth-order valence-electron chi connectivity index (χ4n) is 2.28. The summed E-state index contributed by atoms with van der Waals surface area (Å²) in [6.45, 7) is 0.315. The lowest BCUT2D eigenvalue weighted by molar-refractivity contribution is 0.0167. The molecule has 2 nitrogen and oxygen atoms in total. The minimum atomic E-state index is -0.751. The molecule has 0 bridgehead atoms. The van der Waals surface area contributed by atoms with Crippen LogP contribution in [0.25, 0.3) is 0 Å². The normalized spacial score (nSPS) is 19.0. The first-order valence-corrected chi connectivity index (χ1v) is 6.00. The van der Waals surface area contributed by atoms with Gasteiger partial charge in [0.1, 0.15) is 11.6 Å². The first-order valence-electron chi connectivity index (χ1n) is 6.00. The maximum Gasteiger partial charge on any atom is 0.149 e. The Balaban J connectivity index is 1.97. The third-order valence-electron chi connectivity index (χ3n) is 3.32. The Morgan fingerprint density at radius 3 is 2.53 bits per heavy atom. The number of halogens is 2. The second kappa shape index (κ2) is 5.00. The zero-order chi connectivity index (χ0) is 12.3. The molecule has 1 aliphatic carbocycles. The smallest absolute Gasteiger partial charge is 0.149 e. The van der Waals surface area contributed by atoms with E-state index >= 15 is 0 Å². The summed E-state index contributed by atoms with van der Waals surface area (Å²) in [5.74, 6) is -1.21. The second-order valence-electron chi connectivity index (χ2n) is 4.76. The van der Waals surface area contributed by atoms with Crippen LogP contribution in [0.2, 0.25) is 0 Å². The summed E-state index contributed by atoms with van der Waals surface area (Å²) in [6, 6.07) is 3.40. The van der Waals surface area contributed by atoms with Gasteiger partial charge in [0, 0.05) is 12.6 Å². The summed E-state index contributed by atoms with van der Waals surface area (Å²) in [5, 5.41) is 13.1. The fourth-order valence-corrected chi connectivity index (χ4v) is 2.28. The number of anilines is 1. The van der Waals surface area contributed by atoms with E-state index in [0.29, 0.717) is 6.54 Å². The highest BCUT2D eigenvalue weighted by molar-refractivity contribution is 5.45. The molecule has 94 valence electrons. The Hall–Kier alpha value is -1.16. The predicted octanol–water partition coefficient (Wildman–Crippen LogP) is 3.07. The van der Waals surface area contributed by atoms with Crippen LogP contribution in [0.1, 0.15) is 32.1 Å². The topological polar surface area (TPSA) is 32.3 Å². The lowest BCUT2D eigenvalue weighted by atomic mass is 9.85. The highest BCUT2D eigenvalue weighted by Crippen LogP contribution is 2.28. The van der Waals surface area contributed by atoms with Crippen LogP contribution in [0.3, 0.4) is 0 Å². The number of aliphatic hydroxyl groups is 1. The molecule has 0 amide bonds. The summed E-state index contributed by atoms with van der Waals surface area (Å²) in [5.41, 5.74) is -0.510. The Bertz CT molecular complexity index is 389. The molecule has 0 aromatic heterocycles. The van der Waals surface area contributed by atoms with Gasteiger partial charge in [-0.1, -0.05) is 19.3 Å². The molecule has 1 aromatic rings. The van der Waals surface area contributed by atoms with Crippen molar-refractivity contribution in [3.05, 3.63) is 29.8 Å². The SMILES string of the molecule is OC1(CNc2ccc(F)cc2F)CCCCC1. The summed E-state index contributed by atoms with van der Waals surface area (Å²) in [4.78, 5) is 0. The van der Waals surface area contributed by atoms with Crippen molar-refractivity contribution in [3.63, 3.8) is 0 Å². The number of benzene rings is 1. The van der Waals surface area contributed by atoms with Crippen LogP contribution in [0.4, 0.5) is 14.5 Å². The molecular weight excluding hydrogens is 224 g/mol. The molecule has 0 unspecified atom stereocenters. The Kier molecular flexibility index (Phi) is 3.62. The van der Waals surface area contributed by atoms with Gasteiger partial charge in [0.25, 0.3) is 0 Å². The van der Waals surface area contributed by atoms with Crippen molar-refractivity contribution in [2.45, 2.75) is 37.7 Å². The van der Waals surface area contributed by atoms with Gasteiger partial charge in [-0.15, -0.1) is 0 Å². The summed E-state index contributed by atoms with van der Waals surface area (Å²) >= 11 is 0. The van der Waals surface area contributed by atoms with Crippen molar-refractivity contribution in [2.75, 3.05) is 11.9 Å². The highest BCUT2D eigenvalue weighted by atomic mass is 19.1. The highest BCUT2D eigenvalue weighted by Gasteiger charge is 2.28. The van der Waals surface area contributed by atoms with Crippen molar-refractivity contribution in [2.24, 2.45) is 0 Å². The van der Waals surface area contributed by atoms with Crippen molar-refractivity contribution < 1.29 is 13.9 Å². The third kappa shape index (κ3) is 3.16. The fraction of sp³-hybridized carbons (Fsp3) is 0.538. The van der Waals surface area contributed by atoms with E-state index in [4.69, 9.17) is 0 Å². The number of hydrogen-bond acceptors (Lipinski definition) is 2.